The summed E-state index contributed by atoms with van der Waals surface area (Å²) in [7, 11) is 0.575. The molecule has 3 rings (SSSR count). The minimum absolute atomic E-state index is 0.0508. The van der Waals surface area contributed by atoms with Crippen LogP contribution in [-0.2, 0) is 9.16 Å². The fraction of sp³-hybridized carbons (Fsp3) is 0.500. The Kier molecular flexibility index (Phi) is 3.19. The molecule has 102 valence electrons. The average Bonchev–Trinajstić information content (AvgIpc) is 3.02. The third-order valence-electron chi connectivity index (χ3n) is 3.27. The van der Waals surface area contributed by atoms with Gasteiger partial charge < -0.3 is 19.4 Å². The van der Waals surface area contributed by atoms with E-state index in [1.54, 1.807) is 4.57 Å². The van der Waals surface area contributed by atoms with Crippen LogP contribution in [0.3, 0.4) is 0 Å². The molecule has 2 aromatic rings. The Morgan fingerprint density at radius 1 is 1.47 bits per heavy atom. The molecular formula is C10H14N4O4Si. The molecule has 0 saturated carbocycles. The average molecular weight is 282 g/mol. The Bertz CT molecular complexity index is 592. The molecule has 1 fully saturated rings. The van der Waals surface area contributed by atoms with Crippen LogP contribution < -0.4 is 0 Å². The van der Waals surface area contributed by atoms with Crippen molar-refractivity contribution in [1.82, 2.24) is 19.5 Å². The largest absolute Gasteiger partial charge is 0.492 e. The highest BCUT2D eigenvalue weighted by Gasteiger charge is 2.37. The molecule has 19 heavy (non-hydrogen) atoms. The quantitative estimate of drug-likeness (QED) is 0.659. The molecule has 3 heterocycles. The van der Waals surface area contributed by atoms with Gasteiger partial charge in [0.25, 0.3) is 0 Å². The van der Waals surface area contributed by atoms with E-state index >= 15 is 0 Å². The number of rotatable bonds is 3. The first-order valence-corrected chi connectivity index (χ1v) is 6.72. The molecule has 1 unspecified atom stereocenters. The van der Waals surface area contributed by atoms with Crippen molar-refractivity contribution in [2.75, 3.05) is 6.61 Å². The lowest BCUT2D eigenvalue weighted by molar-refractivity contribution is -0.0427. The van der Waals surface area contributed by atoms with E-state index in [-0.39, 0.29) is 24.7 Å². The van der Waals surface area contributed by atoms with Crippen LogP contribution in [0.2, 0.25) is 0 Å². The molecule has 1 aliphatic rings. The van der Waals surface area contributed by atoms with E-state index < -0.39 is 6.23 Å². The summed E-state index contributed by atoms with van der Waals surface area (Å²) in [5.41, 5.74) is 0.811. The summed E-state index contributed by atoms with van der Waals surface area (Å²) in [4.78, 5) is 11.9. The van der Waals surface area contributed by atoms with E-state index in [4.69, 9.17) is 9.16 Å². The Morgan fingerprint density at radius 3 is 3.05 bits per heavy atom. The maximum absolute atomic E-state index is 9.62. The van der Waals surface area contributed by atoms with E-state index in [0.717, 1.165) is 0 Å². The zero-order valence-electron chi connectivity index (χ0n) is 10.3. The van der Waals surface area contributed by atoms with E-state index in [1.807, 2.05) is 0 Å². The summed E-state index contributed by atoms with van der Waals surface area (Å²) in [6.45, 7) is -0.0508. The number of aromatic hydroxyl groups is 1. The van der Waals surface area contributed by atoms with E-state index in [9.17, 15) is 10.2 Å². The van der Waals surface area contributed by atoms with Gasteiger partial charge >= 0.3 is 0 Å². The standard InChI is InChI=1S/C10H14N4O4Si/c15-2-5-1-6(18-19)10(17-5)14-4-13-7-8(14)11-3-12-9(7)16/h3-6,10,15H,1-2H2,19H3,(H,11,12,16)/t5-,6?,10+/m0/s1. The predicted octanol–water partition coefficient (Wildman–Crippen LogP) is -1.52. The van der Waals surface area contributed by atoms with E-state index in [0.29, 0.717) is 28.1 Å². The molecule has 0 bridgehead atoms. The lowest BCUT2D eigenvalue weighted by Gasteiger charge is -2.19. The molecule has 0 aliphatic carbocycles. The van der Waals surface area contributed by atoms with Crippen LogP contribution >= 0.6 is 0 Å². The molecule has 8 nitrogen and oxygen atoms in total. The van der Waals surface area contributed by atoms with Crippen molar-refractivity contribution in [3.63, 3.8) is 0 Å². The monoisotopic (exact) mass is 282 g/mol. The van der Waals surface area contributed by atoms with Crippen LogP contribution in [0.15, 0.2) is 12.7 Å². The fourth-order valence-electron chi connectivity index (χ4n) is 2.32. The van der Waals surface area contributed by atoms with Crippen LogP contribution in [0.1, 0.15) is 12.6 Å². The third-order valence-corrected chi connectivity index (χ3v) is 3.87. The number of aliphatic hydroxyl groups is 1. The first-order valence-electron chi connectivity index (χ1n) is 5.90. The van der Waals surface area contributed by atoms with Crippen molar-refractivity contribution in [2.24, 2.45) is 0 Å². The molecule has 3 atom stereocenters. The van der Waals surface area contributed by atoms with E-state index in [1.165, 1.54) is 12.7 Å². The van der Waals surface area contributed by atoms with Crippen molar-refractivity contribution in [1.29, 1.82) is 0 Å². The Morgan fingerprint density at radius 2 is 2.32 bits per heavy atom. The highest BCUT2D eigenvalue weighted by atomic mass is 28.2. The minimum atomic E-state index is -0.394. The number of imidazole rings is 1. The number of nitrogens with zero attached hydrogens (tertiary/aromatic N) is 4. The van der Waals surface area contributed by atoms with Crippen molar-refractivity contribution in [3.05, 3.63) is 12.7 Å². The summed E-state index contributed by atoms with van der Waals surface area (Å²) in [5, 5.41) is 18.8. The van der Waals surface area contributed by atoms with Crippen molar-refractivity contribution >= 4 is 21.6 Å². The zero-order chi connectivity index (χ0) is 13.4. The maximum atomic E-state index is 9.62. The number of aromatic nitrogens is 4. The lowest BCUT2D eigenvalue weighted by atomic mass is 10.2. The molecule has 0 aromatic carbocycles. The molecular weight excluding hydrogens is 268 g/mol. The van der Waals surface area contributed by atoms with Gasteiger partial charge in [-0.2, -0.15) is 4.98 Å². The van der Waals surface area contributed by atoms with Gasteiger partial charge in [0.1, 0.15) is 16.8 Å². The second kappa shape index (κ2) is 4.85. The van der Waals surface area contributed by atoms with Gasteiger partial charge in [0.05, 0.1) is 25.1 Å². The molecule has 9 heteroatoms. The summed E-state index contributed by atoms with van der Waals surface area (Å²) in [6, 6.07) is 0. The molecule has 1 aliphatic heterocycles. The van der Waals surface area contributed by atoms with Gasteiger partial charge in [-0.1, -0.05) is 0 Å². The van der Waals surface area contributed by atoms with E-state index in [2.05, 4.69) is 15.0 Å². The van der Waals surface area contributed by atoms with Crippen LogP contribution in [0.4, 0.5) is 0 Å². The number of hydrogen-bond donors (Lipinski definition) is 2. The minimum Gasteiger partial charge on any atom is -0.492 e. The highest BCUT2D eigenvalue weighted by Crippen LogP contribution is 2.33. The van der Waals surface area contributed by atoms with Crippen LogP contribution in [0.5, 0.6) is 5.88 Å². The molecule has 0 spiro atoms. The second-order valence-electron chi connectivity index (χ2n) is 4.36. The van der Waals surface area contributed by atoms with Gasteiger partial charge in [0.2, 0.25) is 5.88 Å². The highest BCUT2D eigenvalue weighted by molar-refractivity contribution is 5.98. The lowest BCUT2D eigenvalue weighted by Crippen LogP contribution is -2.21. The number of fused-ring (bicyclic) bond motifs is 1. The molecule has 0 radical (unpaired) electrons. The van der Waals surface area contributed by atoms with Crippen molar-refractivity contribution in [3.8, 4) is 5.88 Å². The van der Waals surface area contributed by atoms with Gasteiger partial charge in [-0.15, -0.1) is 0 Å². The molecule has 1 saturated heterocycles. The summed E-state index contributed by atoms with van der Waals surface area (Å²) in [6.07, 6.45) is 2.65. The second-order valence-corrected chi connectivity index (χ2v) is 4.83. The number of ether oxygens (including phenoxy) is 1. The van der Waals surface area contributed by atoms with Gasteiger partial charge in [-0.25, -0.2) is 9.97 Å². The Labute approximate surface area is 111 Å². The first kappa shape index (κ1) is 12.5. The predicted molar refractivity (Wildman–Crippen MR) is 67.4 cm³/mol. The normalized spacial score (nSPS) is 27.3. The first-order chi connectivity index (χ1) is 9.24. The Hall–Kier alpha value is -1.55. The molecule has 0 amide bonds. The van der Waals surface area contributed by atoms with Gasteiger partial charge in [-0.3, -0.25) is 4.57 Å². The fourth-order valence-corrected chi connectivity index (χ4v) is 2.74. The summed E-state index contributed by atoms with van der Waals surface area (Å²) < 4.78 is 12.9. The maximum Gasteiger partial charge on any atom is 0.242 e. The van der Waals surface area contributed by atoms with Gasteiger partial charge in [0.15, 0.2) is 17.4 Å². The van der Waals surface area contributed by atoms with Crippen LogP contribution in [0, 0.1) is 0 Å². The third kappa shape index (κ3) is 2.00. The van der Waals surface area contributed by atoms with Crippen LogP contribution in [0.25, 0.3) is 11.2 Å². The molecule has 2 N–H and O–H groups in total. The number of aliphatic hydroxyl groups excluding tert-OH is 1. The molecule has 2 aromatic heterocycles. The topological polar surface area (TPSA) is 103 Å². The van der Waals surface area contributed by atoms with Crippen molar-refractivity contribution in [2.45, 2.75) is 24.9 Å². The van der Waals surface area contributed by atoms with Gasteiger partial charge in [0, 0.05) is 6.42 Å². The van der Waals surface area contributed by atoms with Crippen LogP contribution in [-0.4, -0.2) is 59.0 Å². The number of hydrogen-bond acceptors (Lipinski definition) is 7. The summed E-state index contributed by atoms with van der Waals surface area (Å²) in [5.74, 6) is -0.163. The van der Waals surface area contributed by atoms with Crippen molar-refractivity contribution < 1.29 is 19.4 Å². The van der Waals surface area contributed by atoms with Gasteiger partial charge in [-0.05, 0) is 0 Å². The summed E-state index contributed by atoms with van der Waals surface area (Å²) >= 11 is 0. The Balaban J connectivity index is 2.02. The zero-order valence-corrected chi connectivity index (χ0v) is 12.3. The smallest absolute Gasteiger partial charge is 0.242 e. The SMILES string of the molecule is OC[C@@H]1CC(O[SiH3])[C@H](n2cnc3c(O)ncnc32)O1.